The van der Waals surface area contributed by atoms with Crippen LogP contribution in [0.15, 0.2) is 60.7 Å². The zero-order valence-electron chi connectivity index (χ0n) is 15.4. The maximum atomic E-state index is 12.8. The fourth-order valence-corrected chi connectivity index (χ4v) is 2.99. The number of rotatable bonds is 7. The predicted molar refractivity (Wildman–Crippen MR) is 110 cm³/mol. The minimum Gasteiger partial charge on any atom is -0.344 e. The average Bonchev–Trinajstić information content (AvgIpc) is 2.61. The SMILES string of the molecule is CC(C(=O)NC(Cc1ccccc1)C(=O)Nc1ccccc1)C1CNC1.Cl. The lowest BCUT2D eigenvalue weighted by Crippen LogP contribution is -2.53. The van der Waals surface area contributed by atoms with Gasteiger partial charge in [-0.15, -0.1) is 12.4 Å². The Balaban J connectivity index is 0.00000261. The zero-order chi connectivity index (χ0) is 18.4. The highest BCUT2D eigenvalue weighted by Gasteiger charge is 2.31. The number of carbonyl (C=O) groups excluding carboxylic acids is 2. The van der Waals surface area contributed by atoms with Crippen molar-refractivity contribution in [1.82, 2.24) is 10.6 Å². The normalized spacial score (nSPS) is 15.6. The van der Waals surface area contributed by atoms with E-state index in [0.717, 1.165) is 24.3 Å². The van der Waals surface area contributed by atoms with E-state index in [-0.39, 0.29) is 30.1 Å². The fourth-order valence-electron chi connectivity index (χ4n) is 2.99. The Morgan fingerprint density at radius 3 is 2.15 bits per heavy atom. The first-order chi connectivity index (χ1) is 12.6. The van der Waals surface area contributed by atoms with Crippen LogP contribution in [0.4, 0.5) is 5.69 Å². The molecule has 2 atom stereocenters. The fraction of sp³-hybridized carbons (Fsp3) is 0.333. The molecular formula is C21H26ClN3O2. The van der Waals surface area contributed by atoms with Gasteiger partial charge in [0, 0.05) is 18.0 Å². The number of hydrogen-bond donors (Lipinski definition) is 3. The molecule has 0 aromatic heterocycles. The van der Waals surface area contributed by atoms with Gasteiger partial charge < -0.3 is 16.0 Å². The number of carbonyl (C=O) groups is 2. The first-order valence-electron chi connectivity index (χ1n) is 9.04. The van der Waals surface area contributed by atoms with Crippen molar-refractivity contribution in [3.63, 3.8) is 0 Å². The third kappa shape index (κ3) is 5.81. The van der Waals surface area contributed by atoms with E-state index in [0.29, 0.717) is 12.3 Å². The van der Waals surface area contributed by atoms with E-state index in [1.807, 2.05) is 67.6 Å². The van der Waals surface area contributed by atoms with Crippen molar-refractivity contribution >= 4 is 29.9 Å². The van der Waals surface area contributed by atoms with Gasteiger partial charge in [-0.05, 0) is 36.7 Å². The Hall–Kier alpha value is -2.37. The summed E-state index contributed by atoms with van der Waals surface area (Å²) < 4.78 is 0. The number of nitrogens with one attached hydrogen (secondary N) is 3. The molecule has 1 aliphatic rings. The van der Waals surface area contributed by atoms with Gasteiger partial charge in [-0.3, -0.25) is 9.59 Å². The van der Waals surface area contributed by atoms with Crippen LogP contribution in [0.1, 0.15) is 12.5 Å². The molecule has 27 heavy (non-hydrogen) atoms. The van der Waals surface area contributed by atoms with E-state index < -0.39 is 6.04 Å². The van der Waals surface area contributed by atoms with E-state index in [2.05, 4.69) is 16.0 Å². The zero-order valence-corrected chi connectivity index (χ0v) is 16.2. The van der Waals surface area contributed by atoms with Crippen LogP contribution in [0.2, 0.25) is 0 Å². The first kappa shape index (κ1) is 20.9. The molecule has 3 rings (SSSR count). The molecule has 0 radical (unpaired) electrons. The first-order valence-corrected chi connectivity index (χ1v) is 9.04. The van der Waals surface area contributed by atoms with Gasteiger partial charge in [0.25, 0.3) is 0 Å². The number of amides is 2. The van der Waals surface area contributed by atoms with E-state index in [1.54, 1.807) is 0 Å². The molecule has 1 saturated heterocycles. The van der Waals surface area contributed by atoms with Crippen LogP contribution in [0.25, 0.3) is 0 Å². The lowest BCUT2D eigenvalue weighted by Gasteiger charge is -2.32. The molecule has 0 aliphatic carbocycles. The molecular weight excluding hydrogens is 362 g/mol. The molecule has 0 spiro atoms. The number of benzene rings is 2. The molecule has 1 heterocycles. The van der Waals surface area contributed by atoms with Crippen LogP contribution in [-0.2, 0) is 16.0 Å². The number of hydrogen-bond acceptors (Lipinski definition) is 3. The van der Waals surface area contributed by atoms with E-state index in [9.17, 15) is 9.59 Å². The second-order valence-electron chi connectivity index (χ2n) is 6.81. The summed E-state index contributed by atoms with van der Waals surface area (Å²) in [6, 6.07) is 18.4. The second kappa shape index (κ2) is 10.1. The largest absolute Gasteiger partial charge is 0.344 e. The lowest BCUT2D eigenvalue weighted by atomic mass is 9.88. The monoisotopic (exact) mass is 387 g/mol. The molecule has 2 unspecified atom stereocenters. The highest BCUT2D eigenvalue weighted by molar-refractivity contribution is 5.97. The highest BCUT2D eigenvalue weighted by Crippen LogP contribution is 2.17. The maximum Gasteiger partial charge on any atom is 0.247 e. The minimum absolute atomic E-state index is 0. The second-order valence-corrected chi connectivity index (χ2v) is 6.81. The minimum atomic E-state index is -0.611. The summed E-state index contributed by atoms with van der Waals surface area (Å²) in [5.41, 5.74) is 1.74. The van der Waals surface area contributed by atoms with Gasteiger partial charge in [-0.2, -0.15) is 0 Å². The molecule has 5 nitrogen and oxygen atoms in total. The molecule has 2 aromatic rings. The summed E-state index contributed by atoms with van der Waals surface area (Å²) in [6.07, 6.45) is 0.459. The molecule has 144 valence electrons. The third-order valence-corrected chi connectivity index (χ3v) is 4.89. The van der Waals surface area contributed by atoms with Crippen LogP contribution in [-0.4, -0.2) is 30.9 Å². The Morgan fingerprint density at radius 1 is 1.00 bits per heavy atom. The van der Waals surface area contributed by atoms with Crippen LogP contribution < -0.4 is 16.0 Å². The van der Waals surface area contributed by atoms with E-state index >= 15 is 0 Å². The average molecular weight is 388 g/mol. The third-order valence-electron chi connectivity index (χ3n) is 4.89. The lowest BCUT2D eigenvalue weighted by molar-refractivity contribution is -0.130. The van der Waals surface area contributed by atoms with Crippen LogP contribution in [0.3, 0.4) is 0 Å². The van der Waals surface area contributed by atoms with Crippen molar-refractivity contribution in [3.05, 3.63) is 66.2 Å². The summed E-state index contributed by atoms with van der Waals surface area (Å²) in [6.45, 7) is 3.64. The highest BCUT2D eigenvalue weighted by atomic mass is 35.5. The van der Waals surface area contributed by atoms with Crippen molar-refractivity contribution in [2.75, 3.05) is 18.4 Å². The summed E-state index contributed by atoms with van der Waals surface area (Å²) in [7, 11) is 0. The molecule has 2 amide bonds. The van der Waals surface area contributed by atoms with Crippen molar-refractivity contribution in [3.8, 4) is 0 Å². The van der Waals surface area contributed by atoms with Crippen molar-refractivity contribution in [2.45, 2.75) is 19.4 Å². The van der Waals surface area contributed by atoms with Crippen molar-refractivity contribution < 1.29 is 9.59 Å². The van der Waals surface area contributed by atoms with Gasteiger partial charge in [-0.25, -0.2) is 0 Å². The Morgan fingerprint density at radius 2 is 1.59 bits per heavy atom. The van der Waals surface area contributed by atoms with Crippen molar-refractivity contribution in [2.24, 2.45) is 11.8 Å². The number of halogens is 1. The van der Waals surface area contributed by atoms with Gasteiger partial charge in [0.15, 0.2) is 0 Å². The molecule has 0 bridgehead atoms. The number of para-hydroxylation sites is 1. The quantitative estimate of drug-likeness (QED) is 0.684. The van der Waals surface area contributed by atoms with E-state index in [1.165, 1.54) is 0 Å². The Bertz CT molecular complexity index is 736. The van der Waals surface area contributed by atoms with Gasteiger partial charge in [0.2, 0.25) is 11.8 Å². The smallest absolute Gasteiger partial charge is 0.247 e. The standard InChI is InChI=1S/C21H25N3O2.ClH/c1-15(17-13-22-14-17)20(25)24-19(12-16-8-4-2-5-9-16)21(26)23-18-10-6-3-7-11-18;/h2-11,15,17,19,22H,12-14H2,1H3,(H,23,26)(H,24,25);1H. The Kier molecular flexibility index (Phi) is 7.82. The van der Waals surface area contributed by atoms with Gasteiger partial charge in [0.1, 0.15) is 6.04 Å². The van der Waals surface area contributed by atoms with Crippen molar-refractivity contribution in [1.29, 1.82) is 0 Å². The van der Waals surface area contributed by atoms with Gasteiger partial charge >= 0.3 is 0 Å². The molecule has 1 fully saturated rings. The molecule has 1 aliphatic heterocycles. The number of anilines is 1. The predicted octanol–water partition coefficient (Wildman–Crippen LogP) is 2.63. The summed E-state index contributed by atoms with van der Waals surface area (Å²) in [5.74, 6) is -0.0448. The van der Waals surface area contributed by atoms with Crippen LogP contribution >= 0.6 is 12.4 Å². The molecule has 0 saturated carbocycles. The topological polar surface area (TPSA) is 70.2 Å². The maximum absolute atomic E-state index is 12.8. The summed E-state index contributed by atoms with van der Waals surface area (Å²) >= 11 is 0. The molecule has 6 heteroatoms. The summed E-state index contributed by atoms with van der Waals surface area (Å²) in [4.78, 5) is 25.4. The van der Waals surface area contributed by atoms with Gasteiger partial charge in [-0.1, -0.05) is 55.5 Å². The van der Waals surface area contributed by atoms with E-state index in [4.69, 9.17) is 0 Å². The summed E-state index contributed by atoms with van der Waals surface area (Å²) in [5, 5.41) is 9.04. The van der Waals surface area contributed by atoms with Crippen LogP contribution in [0.5, 0.6) is 0 Å². The Labute approximate surface area is 166 Å². The molecule has 2 aromatic carbocycles. The van der Waals surface area contributed by atoms with Gasteiger partial charge in [0.05, 0.1) is 0 Å². The molecule has 3 N–H and O–H groups in total. The van der Waals surface area contributed by atoms with Crippen LogP contribution in [0, 0.1) is 11.8 Å².